The molecule has 1 aromatic carbocycles. The molecule has 0 bridgehead atoms. The number of nitrogens with two attached hydrogens (primary N) is 1. The van der Waals surface area contributed by atoms with E-state index in [9.17, 15) is 8.42 Å². The Labute approximate surface area is 128 Å². The van der Waals surface area contributed by atoms with Crippen molar-refractivity contribution in [3.63, 3.8) is 0 Å². The molecule has 112 valence electrons. The molecule has 7 heteroatoms. The second-order valence-corrected chi connectivity index (χ2v) is 7.70. The summed E-state index contributed by atoms with van der Waals surface area (Å²) in [6.45, 7) is 3.51. The molecule has 1 fully saturated rings. The number of halogens is 1. The van der Waals surface area contributed by atoms with Crippen molar-refractivity contribution < 1.29 is 8.42 Å². The van der Waals surface area contributed by atoms with Gasteiger partial charge in [0.05, 0.1) is 5.69 Å². The molecular weight excluding hydrogens is 342 g/mol. The number of nitrogens with one attached hydrogen (secondary N) is 1. The second kappa shape index (κ2) is 6.43. The number of benzene rings is 1. The number of anilines is 1. The summed E-state index contributed by atoms with van der Waals surface area (Å²) in [6, 6.07) is 5.40. The molecule has 2 rings (SSSR count). The average Bonchev–Trinajstić information content (AvgIpc) is 2.43. The Morgan fingerprint density at radius 3 is 2.90 bits per heavy atom. The Hall–Kier alpha value is -0.630. The van der Waals surface area contributed by atoms with E-state index in [1.54, 1.807) is 6.07 Å². The fourth-order valence-electron chi connectivity index (χ4n) is 2.36. The van der Waals surface area contributed by atoms with Gasteiger partial charge in [0.15, 0.2) is 0 Å². The lowest BCUT2D eigenvalue weighted by Gasteiger charge is -2.31. The Balaban J connectivity index is 2.12. The first-order chi connectivity index (χ1) is 9.42. The van der Waals surface area contributed by atoms with Crippen molar-refractivity contribution in [3.8, 4) is 0 Å². The Morgan fingerprint density at radius 1 is 1.50 bits per heavy atom. The zero-order chi connectivity index (χ0) is 14.8. The van der Waals surface area contributed by atoms with Crippen molar-refractivity contribution in [1.29, 1.82) is 0 Å². The van der Waals surface area contributed by atoms with Crippen LogP contribution in [0, 0.1) is 12.8 Å². The molecule has 1 atom stereocenters. The van der Waals surface area contributed by atoms with Gasteiger partial charge < -0.3 is 5.73 Å². The van der Waals surface area contributed by atoms with Crippen LogP contribution in [0.15, 0.2) is 22.7 Å². The Bertz CT molecular complexity index is 577. The van der Waals surface area contributed by atoms with E-state index in [1.807, 2.05) is 19.1 Å². The first kappa shape index (κ1) is 15.8. The van der Waals surface area contributed by atoms with Gasteiger partial charge in [0.2, 0.25) is 0 Å². The van der Waals surface area contributed by atoms with E-state index >= 15 is 0 Å². The SMILES string of the molecule is Cc1cc(NS(=O)(=O)N2CCCC(CN)C2)ccc1Br. The molecular formula is C13H20BrN3O2S. The first-order valence-corrected chi connectivity index (χ1v) is 8.90. The van der Waals surface area contributed by atoms with Crippen molar-refractivity contribution in [1.82, 2.24) is 4.31 Å². The van der Waals surface area contributed by atoms with Gasteiger partial charge >= 0.3 is 10.2 Å². The molecule has 5 nitrogen and oxygen atoms in total. The Kier molecular flexibility index (Phi) is 5.06. The summed E-state index contributed by atoms with van der Waals surface area (Å²) < 4.78 is 29.8. The molecule has 0 aliphatic carbocycles. The predicted molar refractivity (Wildman–Crippen MR) is 84.8 cm³/mol. The summed E-state index contributed by atoms with van der Waals surface area (Å²) in [5, 5.41) is 0. The van der Waals surface area contributed by atoms with Gasteiger partial charge in [-0.3, -0.25) is 4.72 Å². The monoisotopic (exact) mass is 361 g/mol. The summed E-state index contributed by atoms with van der Waals surface area (Å²) in [4.78, 5) is 0. The molecule has 20 heavy (non-hydrogen) atoms. The number of hydrogen-bond donors (Lipinski definition) is 2. The van der Waals surface area contributed by atoms with Crippen molar-refractivity contribution in [2.75, 3.05) is 24.4 Å². The molecule has 0 aromatic heterocycles. The summed E-state index contributed by atoms with van der Waals surface area (Å²) in [5.41, 5.74) is 7.22. The third-order valence-corrected chi connectivity index (χ3v) is 5.95. The first-order valence-electron chi connectivity index (χ1n) is 6.66. The molecule has 1 aromatic rings. The minimum Gasteiger partial charge on any atom is -0.330 e. The van der Waals surface area contributed by atoms with Gasteiger partial charge in [-0.05, 0) is 56.0 Å². The topological polar surface area (TPSA) is 75.4 Å². The Morgan fingerprint density at radius 2 is 2.25 bits per heavy atom. The fourth-order valence-corrected chi connectivity index (χ4v) is 3.94. The standard InChI is InChI=1S/C13H20BrN3O2S/c1-10-7-12(4-5-13(10)14)16-20(18,19)17-6-2-3-11(8-15)9-17/h4-5,7,11,16H,2-3,6,8-9,15H2,1H3. The van der Waals surface area contributed by atoms with E-state index in [4.69, 9.17) is 5.73 Å². The molecule has 3 N–H and O–H groups in total. The highest BCUT2D eigenvalue weighted by Crippen LogP contribution is 2.23. The van der Waals surface area contributed by atoms with E-state index in [0.29, 0.717) is 25.3 Å². The van der Waals surface area contributed by atoms with E-state index in [-0.39, 0.29) is 5.92 Å². The quantitative estimate of drug-likeness (QED) is 0.861. The van der Waals surface area contributed by atoms with Crippen LogP contribution in [-0.2, 0) is 10.2 Å². The predicted octanol–water partition coefficient (Wildman–Crippen LogP) is 2.08. The molecule has 0 saturated carbocycles. The highest BCUT2D eigenvalue weighted by atomic mass is 79.9. The van der Waals surface area contributed by atoms with Gasteiger partial charge in [0.1, 0.15) is 0 Å². The number of aryl methyl sites for hydroxylation is 1. The number of hydrogen-bond acceptors (Lipinski definition) is 3. The number of nitrogens with zero attached hydrogens (tertiary/aromatic N) is 1. The van der Waals surface area contributed by atoms with Crippen LogP contribution in [0.5, 0.6) is 0 Å². The molecule has 1 saturated heterocycles. The summed E-state index contributed by atoms with van der Waals surface area (Å²) in [5.74, 6) is 0.256. The molecule has 0 amide bonds. The molecule has 1 heterocycles. The van der Waals surface area contributed by atoms with Crippen LogP contribution in [0.2, 0.25) is 0 Å². The smallest absolute Gasteiger partial charge is 0.301 e. The van der Waals surface area contributed by atoms with Gasteiger partial charge in [-0.25, -0.2) is 0 Å². The lowest BCUT2D eigenvalue weighted by atomic mass is 10.0. The van der Waals surface area contributed by atoms with E-state index in [0.717, 1.165) is 22.9 Å². The van der Waals surface area contributed by atoms with Crippen LogP contribution in [0.25, 0.3) is 0 Å². The van der Waals surface area contributed by atoms with E-state index in [2.05, 4.69) is 20.7 Å². The normalized spacial score (nSPS) is 20.9. The van der Waals surface area contributed by atoms with Gasteiger partial charge in [-0.2, -0.15) is 12.7 Å². The second-order valence-electron chi connectivity index (χ2n) is 5.17. The number of piperidine rings is 1. The van der Waals surface area contributed by atoms with E-state index < -0.39 is 10.2 Å². The molecule has 1 aliphatic rings. The highest BCUT2D eigenvalue weighted by Gasteiger charge is 2.28. The maximum atomic E-state index is 12.4. The molecule has 1 unspecified atom stereocenters. The average molecular weight is 362 g/mol. The lowest BCUT2D eigenvalue weighted by Crippen LogP contribution is -2.44. The third-order valence-electron chi connectivity index (χ3n) is 3.56. The van der Waals surface area contributed by atoms with Gasteiger partial charge in [0, 0.05) is 17.6 Å². The molecule has 0 spiro atoms. The zero-order valence-corrected chi connectivity index (χ0v) is 13.9. The van der Waals surface area contributed by atoms with Gasteiger partial charge in [-0.15, -0.1) is 0 Å². The van der Waals surface area contributed by atoms with Gasteiger partial charge in [0.25, 0.3) is 0 Å². The maximum Gasteiger partial charge on any atom is 0.301 e. The van der Waals surface area contributed by atoms with Crippen molar-refractivity contribution in [2.45, 2.75) is 19.8 Å². The van der Waals surface area contributed by atoms with Crippen LogP contribution in [-0.4, -0.2) is 32.4 Å². The summed E-state index contributed by atoms with van der Waals surface area (Å²) >= 11 is 3.40. The third kappa shape index (κ3) is 3.72. The fraction of sp³-hybridized carbons (Fsp3) is 0.538. The summed E-state index contributed by atoms with van der Waals surface area (Å²) in [6.07, 6.45) is 1.86. The van der Waals surface area contributed by atoms with Gasteiger partial charge in [-0.1, -0.05) is 15.9 Å². The number of rotatable bonds is 4. The summed E-state index contributed by atoms with van der Waals surface area (Å²) in [7, 11) is -3.50. The highest BCUT2D eigenvalue weighted by molar-refractivity contribution is 9.10. The van der Waals surface area contributed by atoms with Crippen molar-refractivity contribution in [3.05, 3.63) is 28.2 Å². The van der Waals surface area contributed by atoms with Crippen molar-refractivity contribution >= 4 is 31.8 Å². The van der Waals surface area contributed by atoms with Crippen LogP contribution >= 0.6 is 15.9 Å². The van der Waals surface area contributed by atoms with Crippen LogP contribution in [0.4, 0.5) is 5.69 Å². The van der Waals surface area contributed by atoms with Crippen LogP contribution in [0.1, 0.15) is 18.4 Å². The largest absolute Gasteiger partial charge is 0.330 e. The van der Waals surface area contributed by atoms with Crippen LogP contribution < -0.4 is 10.5 Å². The lowest BCUT2D eigenvalue weighted by molar-refractivity contribution is 0.273. The van der Waals surface area contributed by atoms with E-state index in [1.165, 1.54) is 4.31 Å². The van der Waals surface area contributed by atoms with Crippen LogP contribution in [0.3, 0.4) is 0 Å². The molecule has 1 aliphatic heterocycles. The van der Waals surface area contributed by atoms with Crippen molar-refractivity contribution in [2.24, 2.45) is 11.7 Å². The maximum absolute atomic E-state index is 12.4. The zero-order valence-electron chi connectivity index (χ0n) is 11.5. The minimum absolute atomic E-state index is 0.256. The molecule has 0 radical (unpaired) electrons. The minimum atomic E-state index is -3.50.